The first-order valence-corrected chi connectivity index (χ1v) is 10.9. The number of nitrogens with one attached hydrogen (secondary N) is 2. The van der Waals surface area contributed by atoms with Crippen LogP contribution in [0.4, 0.5) is 27.5 Å². The van der Waals surface area contributed by atoms with Crippen molar-refractivity contribution in [3.8, 4) is 5.75 Å². The van der Waals surface area contributed by atoms with Gasteiger partial charge in [0.05, 0.1) is 30.7 Å². The molecular formula is C23H25FN8O3. The van der Waals surface area contributed by atoms with Gasteiger partial charge >= 0.3 is 0 Å². The van der Waals surface area contributed by atoms with Gasteiger partial charge in [0.1, 0.15) is 22.9 Å². The van der Waals surface area contributed by atoms with E-state index in [0.717, 1.165) is 12.8 Å². The Labute approximate surface area is 200 Å². The van der Waals surface area contributed by atoms with Crippen molar-refractivity contribution in [1.82, 2.24) is 24.6 Å². The lowest BCUT2D eigenvalue weighted by Gasteiger charge is -2.32. The van der Waals surface area contributed by atoms with Gasteiger partial charge in [-0.05, 0) is 31.1 Å². The van der Waals surface area contributed by atoms with Crippen molar-refractivity contribution in [2.24, 2.45) is 5.73 Å². The summed E-state index contributed by atoms with van der Waals surface area (Å²) in [7, 11) is 1.40. The van der Waals surface area contributed by atoms with E-state index >= 15 is 0 Å². The summed E-state index contributed by atoms with van der Waals surface area (Å²) in [4.78, 5) is 34.2. The van der Waals surface area contributed by atoms with Gasteiger partial charge in [0, 0.05) is 31.5 Å². The van der Waals surface area contributed by atoms with Gasteiger partial charge in [-0.1, -0.05) is 6.58 Å². The molecule has 12 heteroatoms. The number of aromatic nitrogens is 4. The number of methoxy groups -OCH3 is 1. The minimum absolute atomic E-state index is 0.0320. The summed E-state index contributed by atoms with van der Waals surface area (Å²) in [6.07, 6.45) is 7.79. The zero-order valence-electron chi connectivity index (χ0n) is 19.1. The number of carbonyl (C=O) groups excluding carboxylic acids is 2. The molecule has 1 aromatic carbocycles. The Hall–Kier alpha value is -4.48. The maximum atomic E-state index is 13.6. The number of hydrogen-bond acceptors (Lipinski definition) is 8. The lowest BCUT2D eigenvalue weighted by molar-refractivity contribution is -0.127. The van der Waals surface area contributed by atoms with Crippen molar-refractivity contribution in [2.45, 2.75) is 18.9 Å². The van der Waals surface area contributed by atoms with Crippen LogP contribution >= 0.6 is 0 Å². The highest BCUT2D eigenvalue weighted by atomic mass is 19.1. The third-order valence-electron chi connectivity index (χ3n) is 5.59. The molecule has 1 atom stereocenters. The number of benzene rings is 1. The Bertz CT molecular complexity index is 1260. The lowest BCUT2D eigenvalue weighted by atomic mass is 10.1. The second-order valence-electron chi connectivity index (χ2n) is 7.91. The molecule has 1 saturated heterocycles. The molecule has 3 heterocycles. The highest BCUT2D eigenvalue weighted by Crippen LogP contribution is 2.30. The smallest absolute Gasteiger partial charge is 0.254 e. The van der Waals surface area contributed by atoms with Gasteiger partial charge in [-0.3, -0.25) is 14.3 Å². The number of carbonyl (C=O) groups is 2. The number of rotatable bonds is 8. The molecule has 0 radical (unpaired) electrons. The Morgan fingerprint density at radius 1 is 1.31 bits per heavy atom. The van der Waals surface area contributed by atoms with Crippen LogP contribution in [0.15, 0.2) is 49.4 Å². The molecule has 0 saturated carbocycles. The highest BCUT2D eigenvalue weighted by Gasteiger charge is 2.24. The molecule has 182 valence electrons. The molecule has 4 rings (SSSR count). The van der Waals surface area contributed by atoms with Crippen LogP contribution in [0, 0.1) is 5.82 Å². The summed E-state index contributed by atoms with van der Waals surface area (Å²) < 4.78 is 20.5. The number of nitrogens with zero attached hydrogens (tertiary/aromatic N) is 5. The number of primary amides is 1. The molecule has 1 fully saturated rings. The molecule has 2 aromatic heterocycles. The first-order valence-electron chi connectivity index (χ1n) is 10.9. The van der Waals surface area contributed by atoms with E-state index < -0.39 is 11.7 Å². The first kappa shape index (κ1) is 23.7. The SMILES string of the molecule is C=CC(=O)N1CCCC(n2cc(Nc3ncc(C(N)=O)c(Nc4ccc(F)cc4OC)n3)cn2)C1. The molecule has 1 unspecified atom stereocenters. The topological polar surface area (TPSA) is 140 Å². The number of nitrogens with two attached hydrogens (primary N) is 1. The standard InChI is InChI=1S/C23H25FN8O3/c1-3-20(33)31-8-4-5-16(13-31)32-12-15(10-27-32)28-23-26-11-17(21(25)34)22(30-23)29-18-7-6-14(24)9-19(18)35-2/h3,6-7,9-12,16H,1,4-5,8,13H2,2H3,(H2,25,34)(H2,26,28,29,30). The molecule has 3 aromatic rings. The van der Waals surface area contributed by atoms with Crippen LogP contribution < -0.4 is 21.1 Å². The quantitative estimate of drug-likeness (QED) is 0.418. The van der Waals surface area contributed by atoms with Gasteiger partial charge in [-0.2, -0.15) is 10.1 Å². The van der Waals surface area contributed by atoms with E-state index in [4.69, 9.17) is 10.5 Å². The minimum Gasteiger partial charge on any atom is -0.494 e. The number of piperidine rings is 1. The Balaban J connectivity index is 1.54. The second kappa shape index (κ2) is 10.2. The molecule has 11 nitrogen and oxygen atoms in total. The normalized spacial score (nSPS) is 15.4. The van der Waals surface area contributed by atoms with Crippen molar-refractivity contribution in [1.29, 1.82) is 0 Å². The van der Waals surface area contributed by atoms with E-state index in [0.29, 0.717) is 24.5 Å². The molecule has 2 amide bonds. The van der Waals surface area contributed by atoms with Crippen LogP contribution in [-0.2, 0) is 4.79 Å². The molecule has 0 aliphatic carbocycles. The van der Waals surface area contributed by atoms with Crippen molar-refractivity contribution < 1.29 is 18.7 Å². The van der Waals surface area contributed by atoms with Gasteiger partial charge in [0.15, 0.2) is 0 Å². The van der Waals surface area contributed by atoms with E-state index in [9.17, 15) is 14.0 Å². The lowest BCUT2D eigenvalue weighted by Crippen LogP contribution is -2.39. The Kier molecular flexibility index (Phi) is 6.90. The molecular weight excluding hydrogens is 455 g/mol. The van der Waals surface area contributed by atoms with Gasteiger partial charge < -0.3 is 26.0 Å². The summed E-state index contributed by atoms with van der Waals surface area (Å²) in [5, 5.41) is 10.4. The Morgan fingerprint density at radius 3 is 2.89 bits per heavy atom. The van der Waals surface area contributed by atoms with E-state index in [-0.39, 0.29) is 35.0 Å². The number of amides is 2. The largest absolute Gasteiger partial charge is 0.494 e. The zero-order chi connectivity index (χ0) is 24.9. The summed E-state index contributed by atoms with van der Waals surface area (Å²) in [5.41, 5.74) is 6.54. The first-order chi connectivity index (χ1) is 16.9. The average molecular weight is 481 g/mol. The van der Waals surface area contributed by atoms with Crippen molar-refractivity contribution >= 4 is 35.0 Å². The van der Waals surface area contributed by atoms with E-state index in [1.807, 2.05) is 0 Å². The minimum atomic E-state index is -0.733. The fraction of sp³-hybridized carbons (Fsp3) is 0.261. The second-order valence-corrected chi connectivity index (χ2v) is 7.91. The van der Waals surface area contributed by atoms with Gasteiger partial charge in [-0.15, -0.1) is 0 Å². The third-order valence-corrected chi connectivity index (χ3v) is 5.59. The number of ether oxygens (including phenoxy) is 1. The summed E-state index contributed by atoms with van der Waals surface area (Å²) in [5.74, 6) is -0.765. The monoisotopic (exact) mass is 480 g/mol. The fourth-order valence-electron chi connectivity index (χ4n) is 3.84. The van der Waals surface area contributed by atoms with Crippen LogP contribution in [0.25, 0.3) is 0 Å². The van der Waals surface area contributed by atoms with Crippen LogP contribution in [0.1, 0.15) is 29.2 Å². The molecule has 1 aliphatic rings. The number of anilines is 4. The summed E-state index contributed by atoms with van der Waals surface area (Å²) in [6.45, 7) is 4.80. The summed E-state index contributed by atoms with van der Waals surface area (Å²) in [6, 6.07) is 3.95. The van der Waals surface area contributed by atoms with Crippen LogP contribution in [-0.4, -0.2) is 56.7 Å². The van der Waals surface area contributed by atoms with Crippen LogP contribution in [0.3, 0.4) is 0 Å². The average Bonchev–Trinajstić information content (AvgIpc) is 3.33. The zero-order valence-corrected chi connectivity index (χ0v) is 19.1. The van der Waals surface area contributed by atoms with Gasteiger partial charge in [0.25, 0.3) is 5.91 Å². The molecule has 0 bridgehead atoms. The number of hydrogen-bond donors (Lipinski definition) is 3. The van der Waals surface area contributed by atoms with E-state index in [1.165, 1.54) is 37.6 Å². The van der Waals surface area contributed by atoms with Gasteiger partial charge in [0.2, 0.25) is 11.9 Å². The van der Waals surface area contributed by atoms with E-state index in [1.54, 1.807) is 22.0 Å². The maximum Gasteiger partial charge on any atom is 0.254 e. The predicted molar refractivity (Wildman–Crippen MR) is 127 cm³/mol. The molecule has 0 spiro atoms. The van der Waals surface area contributed by atoms with Crippen LogP contribution in [0.2, 0.25) is 0 Å². The molecule has 1 aliphatic heterocycles. The summed E-state index contributed by atoms with van der Waals surface area (Å²) >= 11 is 0. The van der Waals surface area contributed by atoms with Gasteiger partial charge in [-0.25, -0.2) is 9.37 Å². The maximum absolute atomic E-state index is 13.6. The predicted octanol–water partition coefficient (Wildman–Crippen LogP) is 2.76. The van der Waals surface area contributed by atoms with E-state index in [2.05, 4.69) is 32.3 Å². The third kappa shape index (κ3) is 5.37. The fourth-order valence-corrected chi connectivity index (χ4v) is 3.84. The molecule has 4 N–H and O–H groups in total. The number of likely N-dealkylation sites (tertiary alicyclic amines) is 1. The van der Waals surface area contributed by atoms with Crippen molar-refractivity contribution in [2.75, 3.05) is 30.8 Å². The highest BCUT2D eigenvalue weighted by molar-refractivity contribution is 5.98. The molecule has 35 heavy (non-hydrogen) atoms. The van der Waals surface area contributed by atoms with Crippen molar-refractivity contribution in [3.05, 3.63) is 60.8 Å². The van der Waals surface area contributed by atoms with Crippen LogP contribution in [0.5, 0.6) is 5.75 Å². The Morgan fingerprint density at radius 2 is 2.14 bits per heavy atom. The van der Waals surface area contributed by atoms with Crippen molar-refractivity contribution in [3.63, 3.8) is 0 Å². The number of halogens is 1.